The zero-order chi connectivity index (χ0) is 10.8. The Kier molecular flexibility index (Phi) is 8.24. The molecule has 0 aliphatic heterocycles. The predicted molar refractivity (Wildman–Crippen MR) is 59.9 cm³/mol. The number of hydrogen-bond donors (Lipinski definition) is 2. The molecule has 0 aliphatic carbocycles. The Labute approximate surface area is 86.8 Å². The SMILES string of the molecule is C=CCC(C)NC(=O)CCCCCN. The second-order valence-electron chi connectivity index (χ2n) is 3.59. The van der Waals surface area contributed by atoms with Crippen LogP contribution in [0.1, 0.15) is 39.0 Å². The van der Waals surface area contributed by atoms with Crippen LogP contribution in [0.25, 0.3) is 0 Å². The Morgan fingerprint density at radius 2 is 2.21 bits per heavy atom. The van der Waals surface area contributed by atoms with Crippen LogP contribution in [0, 0.1) is 0 Å². The van der Waals surface area contributed by atoms with E-state index < -0.39 is 0 Å². The van der Waals surface area contributed by atoms with E-state index in [4.69, 9.17) is 5.73 Å². The zero-order valence-electron chi connectivity index (χ0n) is 9.09. The number of nitrogens with two attached hydrogens (primary N) is 1. The van der Waals surface area contributed by atoms with Crippen molar-refractivity contribution in [2.45, 2.75) is 45.1 Å². The van der Waals surface area contributed by atoms with Crippen LogP contribution in [0.2, 0.25) is 0 Å². The van der Waals surface area contributed by atoms with Crippen molar-refractivity contribution in [3.05, 3.63) is 12.7 Å². The molecule has 0 bridgehead atoms. The zero-order valence-corrected chi connectivity index (χ0v) is 9.09. The fraction of sp³-hybridized carbons (Fsp3) is 0.727. The summed E-state index contributed by atoms with van der Waals surface area (Å²) in [6.45, 7) is 6.33. The Bertz CT molecular complexity index is 169. The molecule has 0 radical (unpaired) electrons. The first-order chi connectivity index (χ1) is 6.70. The van der Waals surface area contributed by atoms with Gasteiger partial charge in [0.25, 0.3) is 0 Å². The van der Waals surface area contributed by atoms with E-state index in [1.54, 1.807) is 0 Å². The van der Waals surface area contributed by atoms with Gasteiger partial charge in [-0.1, -0.05) is 12.5 Å². The lowest BCUT2D eigenvalue weighted by Gasteiger charge is -2.11. The first kappa shape index (κ1) is 13.2. The summed E-state index contributed by atoms with van der Waals surface area (Å²) in [5, 5.41) is 2.92. The minimum absolute atomic E-state index is 0.136. The van der Waals surface area contributed by atoms with Gasteiger partial charge in [0.15, 0.2) is 0 Å². The highest BCUT2D eigenvalue weighted by atomic mass is 16.1. The van der Waals surface area contributed by atoms with Crippen LogP contribution in [0.5, 0.6) is 0 Å². The van der Waals surface area contributed by atoms with Crippen LogP contribution in [0.4, 0.5) is 0 Å². The van der Waals surface area contributed by atoms with Crippen LogP contribution in [0.3, 0.4) is 0 Å². The van der Waals surface area contributed by atoms with E-state index in [2.05, 4.69) is 11.9 Å². The molecule has 0 saturated carbocycles. The van der Waals surface area contributed by atoms with E-state index in [0.717, 1.165) is 25.7 Å². The highest BCUT2D eigenvalue weighted by Crippen LogP contribution is 1.99. The van der Waals surface area contributed by atoms with Crippen LogP contribution in [-0.4, -0.2) is 18.5 Å². The molecular weight excluding hydrogens is 176 g/mol. The molecule has 0 aromatic heterocycles. The van der Waals surface area contributed by atoms with Crippen LogP contribution in [0.15, 0.2) is 12.7 Å². The summed E-state index contributed by atoms with van der Waals surface area (Å²) in [7, 11) is 0. The molecule has 0 saturated heterocycles. The number of amides is 1. The molecular formula is C11H22N2O. The van der Waals surface area contributed by atoms with Gasteiger partial charge in [0.05, 0.1) is 0 Å². The molecule has 0 aromatic rings. The molecule has 0 rings (SSSR count). The maximum absolute atomic E-state index is 11.3. The van der Waals surface area contributed by atoms with Gasteiger partial charge in [-0.2, -0.15) is 0 Å². The lowest BCUT2D eigenvalue weighted by atomic mass is 10.1. The van der Waals surface area contributed by atoms with Gasteiger partial charge in [-0.05, 0) is 32.7 Å². The largest absolute Gasteiger partial charge is 0.353 e. The Morgan fingerprint density at radius 3 is 2.79 bits per heavy atom. The summed E-state index contributed by atoms with van der Waals surface area (Å²) in [5.74, 6) is 0.136. The van der Waals surface area contributed by atoms with Gasteiger partial charge in [0, 0.05) is 12.5 Å². The number of unbranched alkanes of at least 4 members (excludes halogenated alkanes) is 2. The average molecular weight is 198 g/mol. The topological polar surface area (TPSA) is 55.1 Å². The first-order valence-electron chi connectivity index (χ1n) is 5.31. The van der Waals surface area contributed by atoms with Crippen LogP contribution in [-0.2, 0) is 4.79 Å². The molecule has 1 unspecified atom stereocenters. The maximum Gasteiger partial charge on any atom is 0.220 e. The van der Waals surface area contributed by atoms with E-state index in [0.29, 0.717) is 13.0 Å². The van der Waals surface area contributed by atoms with E-state index in [1.165, 1.54) is 0 Å². The molecule has 0 fully saturated rings. The Hall–Kier alpha value is -0.830. The third-order valence-corrected chi connectivity index (χ3v) is 2.04. The number of rotatable bonds is 8. The van der Waals surface area contributed by atoms with Gasteiger partial charge in [0.1, 0.15) is 0 Å². The molecule has 0 aromatic carbocycles. The summed E-state index contributed by atoms with van der Waals surface area (Å²) in [5.41, 5.74) is 5.35. The van der Waals surface area contributed by atoms with Crippen molar-refractivity contribution in [3.63, 3.8) is 0 Å². The number of carbonyl (C=O) groups excluding carboxylic acids is 1. The molecule has 0 heterocycles. The molecule has 3 heteroatoms. The van der Waals surface area contributed by atoms with E-state index in [-0.39, 0.29) is 11.9 Å². The standard InChI is InChI=1S/C11H22N2O/c1-3-7-10(2)13-11(14)8-5-4-6-9-12/h3,10H,1,4-9,12H2,2H3,(H,13,14). The smallest absolute Gasteiger partial charge is 0.220 e. The quantitative estimate of drug-likeness (QED) is 0.459. The molecule has 0 spiro atoms. The number of nitrogens with one attached hydrogen (secondary N) is 1. The highest BCUT2D eigenvalue weighted by Gasteiger charge is 2.04. The molecule has 3 nitrogen and oxygen atoms in total. The average Bonchev–Trinajstić information content (AvgIpc) is 2.13. The van der Waals surface area contributed by atoms with Gasteiger partial charge in [-0.15, -0.1) is 6.58 Å². The fourth-order valence-corrected chi connectivity index (χ4v) is 1.26. The van der Waals surface area contributed by atoms with Crippen molar-refractivity contribution in [2.24, 2.45) is 5.73 Å². The first-order valence-corrected chi connectivity index (χ1v) is 5.31. The normalized spacial score (nSPS) is 12.1. The minimum atomic E-state index is 0.136. The fourth-order valence-electron chi connectivity index (χ4n) is 1.26. The van der Waals surface area contributed by atoms with Crippen molar-refractivity contribution < 1.29 is 4.79 Å². The van der Waals surface area contributed by atoms with Crippen molar-refractivity contribution in [2.75, 3.05) is 6.54 Å². The number of carbonyl (C=O) groups is 1. The summed E-state index contributed by atoms with van der Waals surface area (Å²) in [6, 6.07) is 0.203. The molecule has 82 valence electrons. The van der Waals surface area contributed by atoms with Gasteiger partial charge in [-0.3, -0.25) is 4.79 Å². The third kappa shape index (κ3) is 7.80. The summed E-state index contributed by atoms with van der Waals surface area (Å²) >= 11 is 0. The van der Waals surface area contributed by atoms with Crippen LogP contribution >= 0.6 is 0 Å². The summed E-state index contributed by atoms with van der Waals surface area (Å²) < 4.78 is 0. The van der Waals surface area contributed by atoms with Gasteiger partial charge >= 0.3 is 0 Å². The van der Waals surface area contributed by atoms with E-state index >= 15 is 0 Å². The number of hydrogen-bond acceptors (Lipinski definition) is 2. The van der Waals surface area contributed by atoms with Gasteiger partial charge < -0.3 is 11.1 Å². The molecule has 1 atom stereocenters. The Morgan fingerprint density at radius 1 is 1.50 bits per heavy atom. The van der Waals surface area contributed by atoms with Gasteiger partial charge in [0.2, 0.25) is 5.91 Å². The molecule has 3 N–H and O–H groups in total. The molecule has 0 aliphatic rings. The second kappa shape index (κ2) is 8.75. The van der Waals surface area contributed by atoms with Gasteiger partial charge in [-0.25, -0.2) is 0 Å². The second-order valence-corrected chi connectivity index (χ2v) is 3.59. The van der Waals surface area contributed by atoms with E-state index in [9.17, 15) is 4.79 Å². The summed E-state index contributed by atoms with van der Waals surface area (Å²) in [4.78, 5) is 11.3. The van der Waals surface area contributed by atoms with Crippen molar-refractivity contribution in [3.8, 4) is 0 Å². The summed E-state index contributed by atoms with van der Waals surface area (Å²) in [6.07, 6.45) is 6.24. The molecule has 14 heavy (non-hydrogen) atoms. The predicted octanol–water partition coefficient (Wildman–Crippen LogP) is 1.59. The monoisotopic (exact) mass is 198 g/mol. The lowest BCUT2D eigenvalue weighted by Crippen LogP contribution is -2.31. The minimum Gasteiger partial charge on any atom is -0.353 e. The van der Waals surface area contributed by atoms with E-state index in [1.807, 2.05) is 13.0 Å². The molecule has 1 amide bonds. The highest BCUT2D eigenvalue weighted by molar-refractivity contribution is 5.76. The van der Waals surface area contributed by atoms with Crippen molar-refractivity contribution in [1.29, 1.82) is 0 Å². The Balaban J connectivity index is 3.40. The maximum atomic E-state index is 11.3. The lowest BCUT2D eigenvalue weighted by molar-refractivity contribution is -0.121. The van der Waals surface area contributed by atoms with Crippen molar-refractivity contribution >= 4 is 5.91 Å². The van der Waals surface area contributed by atoms with Crippen molar-refractivity contribution in [1.82, 2.24) is 5.32 Å². The third-order valence-electron chi connectivity index (χ3n) is 2.04. The van der Waals surface area contributed by atoms with Crippen LogP contribution < -0.4 is 11.1 Å².